The highest BCUT2D eigenvalue weighted by Gasteiger charge is 2.30. The first-order chi connectivity index (χ1) is 15.1. The molecule has 7 nitrogen and oxygen atoms in total. The Morgan fingerprint density at radius 3 is 2.68 bits per heavy atom. The van der Waals surface area contributed by atoms with Crippen molar-refractivity contribution >= 4 is 17.4 Å². The van der Waals surface area contributed by atoms with Crippen LogP contribution < -0.4 is 10.2 Å². The summed E-state index contributed by atoms with van der Waals surface area (Å²) in [6.45, 7) is 2.44. The number of carbonyl (C=O) groups excluding carboxylic acids is 1. The molecule has 1 N–H and O–H groups in total. The Morgan fingerprint density at radius 2 is 1.87 bits per heavy atom. The number of piperidine rings is 1. The Morgan fingerprint density at radius 1 is 1.03 bits per heavy atom. The third-order valence-corrected chi connectivity index (χ3v) is 6.25. The van der Waals surface area contributed by atoms with Crippen LogP contribution in [0.5, 0.6) is 0 Å². The third kappa shape index (κ3) is 3.92. The first-order valence-electron chi connectivity index (χ1n) is 10.6. The van der Waals surface area contributed by atoms with E-state index in [1.54, 1.807) is 0 Å². The predicted molar refractivity (Wildman–Crippen MR) is 112 cm³/mol. The summed E-state index contributed by atoms with van der Waals surface area (Å²) in [6, 6.07) is 9.29. The number of aromatic nitrogens is 3. The van der Waals surface area contributed by atoms with E-state index in [0.717, 1.165) is 36.8 Å². The predicted octanol–water partition coefficient (Wildman–Crippen LogP) is 3.18. The van der Waals surface area contributed by atoms with E-state index in [1.165, 1.54) is 12.1 Å². The standard InChI is InChI=1S/C22H24F2N6O/c23-16-4-5-19(18(24)13-16)29-12-8-17(14-29)25-22(31)28-10-6-15(7-11-28)21-27-26-20-3-1-2-9-30(20)21/h1-5,9,13,15,17H,6-8,10-12,14H2,(H,25,31). The quantitative estimate of drug-likeness (QED) is 0.699. The summed E-state index contributed by atoms with van der Waals surface area (Å²) in [6.07, 6.45) is 4.37. The van der Waals surface area contributed by atoms with Crippen molar-refractivity contribution in [3.8, 4) is 0 Å². The second-order valence-corrected chi connectivity index (χ2v) is 8.23. The SMILES string of the molecule is O=C(NC1CCN(c2ccc(F)cc2F)C1)N1CCC(c2nnc3ccccn23)CC1. The highest BCUT2D eigenvalue weighted by atomic mass is 19.1. The second kappa shape index (κ2) is 8.13. The number of hydrogen-bond donors (Lipinski definition) is 1. The van der Waals surface area contributed by atoms with Gasteiger partial charge in [-0.25, -0.2) is 13.6 Å². The molecule has 0 bridgehead atoms. The van der Waals surface area contributed by atoms with Gasteiger partial charge in [0.2, 0.25) is 0 Å². The number of pyridine rings is 1. The normalized spacial score (nSPS) is 19.9. The molecule has 0 spiro atoms. The molecule has 2 aliphatic heterocycles. The van der Waals surface area contributed by atoms with Gasteiger partial charge < -0.3 is 15.1 Å². The van der Waals surface area contributed by atoms with Gasteiger partial charge in [-0.15, -0.1) is 10.2 Å². The van der Waals surface area contributed by atoms with Crippen LogP contribution in [-0.2, 0) is 0 Å². The van der Waals surface area contributed by atoms with E-state index in [4.69, 9.17) is 0 Å². The molecule has 1 aromatic carbocycles. The highest BCUT2D eigenvalue weighted by molar-refractivity contribution is 5.75. The Labute approximate surface area is 178 Å². The smallest absolute Gasteiger partial charge is 0.317 e. The summed E-state index contributed by atoms with van der Waals surface area (Å²) in [5.74, 6) is 0.0520. The van der Waals surface area contributed by atoms with Gasteiger partial charge in [0.1, 0.15) is 17.5 Å². The fourth-order valence-electron chi connectivity index (χ4n) is 4.58. The molecule has 3 aromatic rings. The number of halogens is 2. The number of carbonyl (C=O) groups is 1. The number of hydrogen-bond acceptors (Lipinski definition) is 4. The summed E-state index contributed by atoms with van der Waals surface area (Å²) in [5.41, 5.74) is 1.21. The number of fused-ring (bicyclic) bond motifs is 1. The lowest BCUT2D eigenvalue weighted by Gasteiger charge is -2.32. The molecule has 4 heterocycles. The summed E-state index contributed by atoms with van der Waals surface area (Å²) in [5, 5.41) is 11.7. The van der Waals surface area contributed by atoms with Crippen LogP contribution in [0.3, 0.4) is 0 Å². The number of rotatable bonds is 3. The van der Waals surface area contributed by atoms with E-state index in [1.807, 2.05) is 38.6 Å². The fraction of sp³-hybridized carbons (Fsp3) is 0.409. The molecule has 162 valence electrons. The van der Waals surface area contributed by atoms with Gasteiger partial charge in [-0.2, -0.15) is 0 Å². The largest absolute Gasteiger partial charge is 0.367 e. The summed E-state index contributed by atoms with van der Waals surface area (Å²) >= 11 is 0. The maximum absolute atomic E-state index is 14.0. The minimum Gasteiger partial charge on any atom is -0.367 e. The summed E-state index contributed by atoms with van der Waals surface area (Å²) in [4.78, 5) is 16.4. The van der Waals surface area contributed by atoms with E-state index >= 15 is 0 Å². The lowest BCUT2D eigenvalue weighted by molar-refractivity contribution is 0.177. The van der Waals surface area contributed by atoms with Crippen LogP contribution in [0.25, 0.3) is 5.65 Å². The van der Waals surface area contributed by atoms with Crippen molar-refractivity contribution in [1.82, 2.24) is 24.8 Å². The molecule has 0 radical (unpaired) electrons. The lowest BCUT2D eigenvalue weighted by Crippen LogP contribution is -2.48. The number of amides is 2. The summed E-state index contributed by atoms with van der Waals surface area (Å²) in [7, 11) is 0. The maximum atomic E-state index is 14.0. The van der Waals surface area contributed by atoms with Gasteiger partial charge in [-0.3, -0.25) is 4.40 Å². The maximum Gasteiger partial charge on any atom is 0.317 e. The van der Waals surface area contributed by atoms with Crippen LogP contribution in [0.4, 0.5) is 19.3 Å². The van der Waals surface area contributed by atoms with Gasteiger partial charge in [0.15, 0.2) is 5.65 Å². The Hall–Kier alpha value is -3.23. The van der Waals surface area contributed by atoms with Crippen molar-refractivity contribution in [2.45, 2.75) is 31.2 Å². The van der Waals surface area contributed by atoms with Gasteiger partial charge in [-0.05, 0) is 43.5 Å². The molecule has 9 heteroatoms. The molecular formula is C22H24F2N6O. The van der Waals surface area contributed by atoms with Gasteiger partial charge in [0.05, 0.1) is 5.69 Å². The van der Waals surface area contributed by atoms with Crippen molar-refractivity contribution in [3.05, 3.63) is 60.1 Å². The van der Waals surface area contributed by atoms with Crippen molar-refractivity contribution in [1.29, 1.82) is 0 Å². The van der Waals surface area contributed by atoms with Crippen LogP contribution in [0.1, 0.15) is 31.0 Å². The molecule has 31 heavy (non-hydrogen) atoms. The number of urea groups is 1. The van der Waals surface area contributed by atoms with Crippen molar-refractivity contribution < 1.29 is 13.6 Å². The molecule has 5 rings (SSSR count). The Kier molecular flexibility index (Phi) is 5.17. The van der Waals surface area contributed by atoms with Gasteiger partial charge in [-0.1, -0.05) is 6.07 Å². The van der Waals surface area contributed by atoms with Crippen LogP contribution >= 0.6 is 0 Å². The first-order valence-corrected chi connectivity index (χ1v) is 10.6. The zero-order chi connectivity index (χ0) is 21.4. The lowest BCUT2D eigenvalue weighted by atomic mass is 9.96. The fourth-order valence-corrected chi connectivity index (χ4v) is 4.58. The highest BCUT2D eigenvalue weighted by Crippen LogP contribution is 2.28. The topological polar surface area (TPSA) is 65.8 Å². The molecule has 2 amide bonds. The molecule has 0 aliphatic carbocycles. The number of likely N-dealkylation sites (tertiary alicyclic amines) is 1. The molecule has 0 saturated carbocycles. The Balaban J connectivity index is 1.15. The third-order valence-electron chi connectivity index (χ3n) is 6.25. The van der Waals surface area contributed by atoms with Gasteiger partial charge in [0.25, 0.3) is 0 Å². The number of anilines is 1. The van der Waals surface area contributed by atoms with Crippen LogP contribution in [0.15, 0.2) is 42.6 Å². The average Bonchev–Trinajstić information content (AvgIpc) is 3.41. The molecule has 2 aliphatic rings. The average molecular weight is 426 g/mol. The number of nitrogens with zero attached hydrogens (tertiary/aromatic N) is 5. The zero-order valence-corrected chi connectivity index (χ0v) is 17.0. The van der Waals surface area contributed by atoms with Crippen LogP contribution in [0.2, 0.25) is 0 Å². The monoisotopic (exact) mass is 426 g/mol. The number of nitrogens with one attached hydrogen (secondary N) is 1. The first kappa shape index (κ1) is 19.7. The second-order valence-electron chi connectivity index (χ2n) is 8.23. The van der Waals surface area contributed by atoms with Gasteiger partial charge >= 0.3 is 6.03 Å². The molecule has 2 saturated heterocycles. The van der Waals surface area contributed by atoms with Crippen molar-refractivity contribution in [2.24, 2.45) is 0 Å². The Bertz CT molecular complexity index is 1090. The minimum atomic E-state index is -0.590. The minimum absolute atomic E-state index is 0.0601. The van der Waals surface area contributed by atoms with E-state index in [-0.39, 0.29) is 18.0 Å². The zero-order valence-electron chi connectivity index (χ0n) is 17.0. The molecule has 2 fully saturated rings. The molecule has 2 aromatic heterocycles. The van der Waals surface area contributed by atoms with E-state index in [9.17, 15) is 13.6 Å². The van der Waals surface area contributed by atoms with Crippen LogP contribution in [0, 0.1) is 11.6 Å². The van der Waals surface area contributed by atoms with Crippen molar-refractivity contribution in [3.63, 3.8) is 0 Å². The molecule has 1 unspecified atom stereocenters. The van der Waals surface area contributed by atoms with Gasteiger partial charge in [0, 0.05) is 50.4 Å². The molecular weight excluding hydrogens is 402 g/mol. The summed E-state index contributed by atoms with van der Waals surface area (Å²) < 4.78 is 29.2. The van der Waals surface area contributed by atoms with E-state index < -0.39 is 11.6 Å². The van der Waals surface area contributed by atoms with E-state index in [0.29, 0.717) is 31.9 Å². The van der Waals surface area contributed by atoms with Crippen LogP contribution in [-0.4, -0.2) is 57.7 Å². The van der Waals surface area contributed by atoms with Crippen molar-refractivity contribution in [2.75, 3.05) is 31.1 Å². The molecule has 1 atom stereocenters. The number of benzene rings is 1. The van der Waals surface area contributed by atoms with E-state index in [2.05, 4.69) is 15.5 Å².